The normalized spacial score (nSPS) is 15.2. The van der Waals surface area contributed by atoms with E-state index in [0.717, 1.165) is 10.0 Å². The summed E-state index contributed by atoms with van der Waals surface area (Å²) in [5.74, 6) is -0.433. The molecule has 1 aromatic rings. The maximum atomic E-state index is 11.1. The molecule has 0 radical (unpaired) electrons. The maximum Gasteiger partial charge on any atom is 0.373 e. The van der Waals surface area contributed by atoms with Crippen molar-refractivity contribution in [2.24, 2.45) is 0 Å². The zero-order chi connectivity index (χ0) is 8.55. The standard InChI is InChI=1S/C8H5BrO3/c9-6-2-1-5-4-11-12-8(10)7(5)3-6/h1-3H,4H2. The van der Waals surface area contributed by atoms with Gasteiger partial charge in [0.2, 0.25) is 0 Å². The van der Waals surface area contributed by atoms with Crippen molar-refractivity contribution in [3.8, 4) is 0 Å². The van der Waals surface area contributed by atoms with Crippen LogP contribution in [0.3, 0.4) is 0 Å². The molecule has 2 rings (SSSR count). The predicted octanol–water partition coefficient (Wildman–Crippen LogP) is 2.05. The van der Waals surface area contributed by atoms with E-state index in [2.05, 4.69) is 25.7 Å². The Labute approximate surface area is 77.3 Å². The number of rotatable bonds is 0. The predicted molar refractivity (Wildman–Crippen MR) is 44.3 cm³/mol. The van der Waals surface area contributed by atoms with E-state index in [0.29, 0.717) is 12.2 Å². The van der Waals surface area contributed by atoms with Crippen LogP contribution in [-0.2, 0) is 16.4 Å². The van der Waals surface area contributed by atoms with Gasteiger partial charge in [-0.1, -0.05) is 22.0 Å². The molecule has 0 saturated heterocycles. The zero-order valence-corrected chi connectivity index (χ0v) is 7.63. The third kappa shape index (κ3) is 1.23. The SMILES string of the molecule is O=C1OOCc2ccc(Br)cc21. The molecule has 1 aromatic carbocycles. The quantitative estimate of drug-likeness (QED) is 0.638. The third-order valence-corrected chi connectivity index (χ3v) is 2.13. The van der Waals surface area contributed by atoms with E-state index < -0.39 is 5.97 Å². The van der Waals surface area contributed by atoms with Crippen molar-refractivity contribution >= 4 is 21.9 Å². The molecule has 0 bridgehead atoms. The van der Waals surface area contributed by atoms with Crippen LogP contribution in [0.4, 0.5) is 0 Å². The molecular formula is C8H5BrO3. The minimum absolute atomic E-state index is 0.328. The van der Waals surface area contributed by atoms with Crippen LogP contribution in [0.5, 0.6) is 0 Å². The van der Waals surface area contributed by atoms with E-state index in [1.165, 1.54) is 0 Å². The largest absolute Gasteiger partial charge is 0.373 e. The first-order valence-electron chi connectivity index (χ1n) is 3.39. The average molecular weight is 229 g/mol. The Hall–Kier alpha value is -0.870. The Balaban J connectivity index is 2.54. The highest BCUT2D eigenvalue weighted by Gasteiger charge is 2.19. The first kappa shape index (κ1) is 7.76. The van der Waals surface area contributed by atoms with E-state index in [1.54, 1.807) is 6.07 Å². The molecule has 0 fully saturated rings. The first-order chi connectivity index (χ1) is 5.77. The fourth-order valence-electron chi connectivity index (χ4n) is 1.06. The summed E-state index contributed by atoms with van der Waals surface area (Å²) in [5.41, 5.74) is 1.42. The molecule has 62 valence electrons. The minimum atomic E-state index is -0.433. The highest BCUT2D eigenvalue weighted by Crippen LogP contribution is 2.21. The first-order valence-corrected chi connectivity index (χ1v) is 4.19. The van der Waals surface area contributed by atoms with Gasteiger partial charge < -0.3 is 0 Å². The maximum absolute atomic E-state index is 11.1. The van der Waals surface area contributed by atoms with Crippen LogP contribution in [0.2, 0.25) is 0 Å². The van der Waals surface area contributed by atoms with Crippen LogP contribution in [0.15, 0.2) is 22.7 Å². The molecule has 12 heavy (non-hydrogen) atoms. The molecule has 0 aliphatic carbocycles. The van der Waals surface area contributed by atoms with Crippen molar-refractivity contribution < 1.29 is 14.6 Å². The number of carbonyl (C=O) groups is 1. The lowest BCUT2D eigenvalue weighted by molar-refractivity contribution is -0.256. The monoisotopic (exact) mass is 228 g/mol. The van der Waals surface area contributed by atoms with Gasteiger partial charge in [-0.05, 0) is 17.7 Å². The van der Waals surface area contributed by atoms with Crippen LogP contribution in [-0.4, -0.2) is 5.97 Å². The molecule has 1 aliphatic rings. The van der Waals surface area contributed by atoms with Gasteiger partial charge in [0, 0.05) is 4.47 Å². The van der Waals surface area contributed by atoms with Crippen molar-refractivity contribution in [3.05, 3.63) is 33.8 Å². The number of hydrogen-bond acceptors (Lipinski definition) is 3. The molecule has 0 atom stereocenters. The molecular weight excluding hydrogens is 224 g/mol. The van der Waals surface area contributed by atoms with Crippen LogP contribution < -0.4 is 0 Å². The molecule has 1 heterocycles. The molecule has 0 unspecified atom stereocenters. The number of fused-ring (bicyclic) bond motifs is 1. The molecule has 3 nitrogen and oxygen atoms in total. The van der Waals surface area contributed by atoms with Crippen molar-refractivity contribution in [3.63, 3.8) is 0 Å². The molecule has 0 aromatic heterocycles. The molecule has 0 amide bonds. The Bertz CT molecular complexity index is 335. The smallest absolute Gasteiger partial charge is 0.292 e. The fourth-order valence-corrected chi connectivity index (χ4v) is 1.42. The number of halogens is 1. The lowest BCUT2D eigenvalue weighted by atomic mass is 10.1. The Morgan fingerprint density at radius 2 is 2.25 bits per heavy atom. The number of carbonyl (C=O) groups excluding carboxylic acids is 1. The van der Waals surface area contributed by atoms with Crippen molar-refractivity contribution in [2.45, 2.75) is 6.61 Å². The minimum Gasteiger partial charge on any atom is -0.292 e. The van der Waals surface area contributed by atoms with Gasteiger partial charge in [0.05, 0.1) is 5.56 Å². The van der Waals surface area contributed by atoms with E-state index in [-0.39, 0.29) is 0 Å². The summed E-state index contributed by atoms with van der Waals surface area (Å²) in [6.45, 7) is 0.328. The topological polar surface area (TPSA) is 35.5 Å². The second-order valence-electron chi connectivity index (χ2n) is 2.43. The van der Waals surface area contributed by atoms with Gasteiger partial charge in [-0.3, -0.25) is 4.89 Å². The number of hydrogen-bond donors (Lipinski definition) is 0. The van der Waals surface area contributed by atoms with Crippen LogP contribution in [0.25, 0.3) is 0 Å². The van der Waals surface area contributed by atoms with Crippen molar-refractivity contribution in [1.29, 1.82) is 0 Å². The van der Waals surface area contributed by atoms with E-state index in [1.807, 2.05) is 12.1 Å². The van der Waals surface area contributed by atoms with Gasteiger partial charge in [0.25, 0.3) is 0 Å². The second-order valence-corrected chi connectivity index (χ2v) is 3.35. The number of benzene rings is 1. The summed E-state index contributed by atoms with van der Waals surface area (Å²) >= 11 is 3.27. The van der Waals surface area contributed by atoms with Gasteiger partial charge in [0.15, 0.2) is 0 Å². The molecule has 0 spiro atoms. The summed E-state index contributed by atoms with van der Waals surface area (Å²) in [6, 6.07) is 5.42. The van der Waals surface area contributed by atoms with Gasteiger partial charge in [-0.25, -0.2) is 4.79 Å². The van der Waals surface area contributed by atoms with Crippen LogP contribution in [0, 0.1) is 0 Å². The van der Waals surface area contributed by atoms with Gasteiger partial charge in [0.1, 0.15) is 6.61 Å². The highest BCUT2D eigenvalue weighted by molar-refractivity contribution is 9.10. The van der Waals surface area contributed by atoms with Crippen LogP contribution in [0.1, 0.15) is 15.9 Å². The summed E-state index contributed by atoms with van der Waals surface area (Å²) in [4.78, 5) is 20.1. The lowest BCUT2D eigenvalue weighted by Crippen LogP contribution is -2.15. The highest BCUT2D eigenvalue weighted by atomic mass is 79.9. The second kappa shape index (κ2) is 2.88. The Kier molecular flexibility index (Phi) is 1.86. The molecule has 1 aliphatic heterocycles. The average Bonchev–Trinajstić information content (AvgIpc) is 2.07. The zero-order valence-electron chi connectivity index (χ0n) is 6.04. The Morgan fingerprint density at radius 3 is 3.08 bits per heavy atom. The molecule has 4 heteroatoms. The van der Waals surface area contributed by atoms with E-state index in [4.69, 9.17) is 0 Å². The van der Waals surface area contributed by atoms with Crippen LogP contribution >= 0.6 is 15.9 Å². The summed E-state index contributed by atoms with van der Waals surface area (Å²) < 4.78 is 0.861. The molecule has 0 saturated carbocycles. The fraction of sp³-hybridized carbons (Fsp3) is 0.125. The van der Waals surface area contributed by atoms with Crippen molar-refractivity contribution in [1.82, 2.24) is 0 Å². The van der Waals surface area contributed by atoms with E-state index >= 15 is 0 Å². The van der Waals surface area contributed by atoms with E-state index in [9.17, 15) is 4.79 Å². The van der Waals surface area contributed by atoms with Crippen molar-refractivity contribution in [2.75, 3.05) is 0 Å². The third-order valence-electron chi connectivity index (χ3n) is 1.64. The van der Waals surface area contributed by atoms with Gasteiger partial charge >= 0.3 is 5.97 Å². The summed E-state index contributed by atoms with van der Waals surface area (Å²) in [5, 5.41) is 0. The van der Waals surface area contributed by atoms with Gasteiger partial charge in [-0.2, -0.15) is 4.89 Å². The summed E-state index contributed by atoms with van der Waals surface area (Å²) in [7, 11) is 0. The lowest BCUT2D eigenvalue weighted by Gasteiger charge is -2.13. The Morgan fingerprint density at radius 1 is 1.42 bits per heavy atom. The summed E-state index contributed by atoms with van der Waals surface area (Å²) in [6.07, 6.45) is 0. The molecule has 0 N–H and O–H groups in total. The van der Waals surface area contributed by atoms with Gasteiger partial charge in [-0.15, -0.1) is 0 Å².